The number of benzene rings is 1. The van der Waals surface area contributed by atoms with Crippen molar-refractivity contribution in [1.29, 1.82) is 0 Å². The van der Waals surface area contributed by atoms with Gasteiger partial charge in [0.2, 0.25) is 5.79 Å². The number of rotatable bonds is 5. The van der Waals surface area contributed by atoms with Gasteiger partial charge in [0.05, 0.1) is 17.7 Å². The summed E-state index contributed by atoms with van der Waals surface area (Å²) in [6, 6.07) is 5.32. The van der Waals surface area contributed by atoms with Crippen molar-refractivity contribution in [1.82, 2.24) is 14.8 Å². The lowest BCUT2D eigenvalue weighted by molar-refractivity contribution is -0.189. The first-order valence-corrected chi connectivity index (χ1v) is 8.98. The van der Waals surface area contributed by atoms with E-state index in [1.807, 2.05) is 19.9 Å². The SMILES string of the molecule is CC.CCCC1COC(Cn2cncn2)(c2ccc(Cl)cc2Cl)O1. The molecule has 2 unspecified atom stereocenters. The lowest BCUT2D eigenvalue weighted by Crippen LogP contribution is -2.34. The fraction of sp³-hybridized carbons (Fsp3) is 0.529. The molecule has 0 radical (unpaired) electrons. The van der Waals surface area contributed by atoms with Gasteiger partial charge in [0.1, 0.15) is 19.2 Å². The molecule has 24 heavy (non-hydrogen) atoms. The first-order chi connectivity index (χ1) is 11.6. The molecular formula is C17H23Cl2N3O2. The van der Waals surface area contributed by atoms with Crippen LogP contribution in [-0.2, 0) is 21.8 Å². The Hall–Kier alpha value is -1.14. The van der Waals surface area contributed by atoms with Crippen molar-refractivity contribution in [3.8, 4) is 0 Å². The number of nitrogens with zero attached hydrogens (tertiary/aromatic N) is 3. The average Bonchev–Trinajstić information content (AvgIpc) is 3.21. The van der Waals surface area contributed by atoms with E-state index in [1.54, 1.807) is 23.1 Å². The van der Waals surface area contributed by atoms with Gasteiger partial charge in [0.15, 0.2) is 0 Å². The van der Waals surface area contributed by atoms with Crippen LogP contribution in [0.25, 0.3) is 0 Å². The summed E-state index contributed by atoms with van der Waals surface area (Å²) in [5.41, 5.74) is 0.757. The van der Waals surface area contributed by atoms with Gasteiger partial charge in [-0.1, -0.05) is 56.5 Å². The molecule has 0 spiro atoms. The van der Waals surface area contributed by atoms with E-state index >= 15 is 0 Å². The van der Waals surface area contributed by atoms with Crippen LogP contribution in [-0.4, -0.2) is 27.5 Å². The van der Waals surface area contributed by atoms with Crippen molar-refractivity contribution < 1.29 is 9.47 Å². The zero-order chi connectivity index (χ0) is 17.6. The summed E-state index contributed by atoms with van der Waals surface area (Å²) in [6.45, 7) is 7.03. The molecule has 1 aromatic carbocycles. The monoisotopic (exact) mass is 371 g/mol. The van der Waals surface area contributed by atoms with Crippen molar-refractivity contribution in [3.63, 3.8) is 0 Å². The fourth-order valence-electron chi connectivity index (χ4n) is 2.66. The zero-order valence-electron chi connectivity index (χ0n) is 14.2. The Bertz CT molecular complexity index is 637. The summed E-state index contributed by atoms with van der Waals surface area (Å²) in [5.74, 6) is -0.963. The van der Waals surface area contributed by atoms with Crippen LogP contribution in [0.15, 0.2) is 30.9 Å². The molecule has 3 rings (SSSR count). The molecule has 0 N–H and O–H groups in total. The summed E-state index contributed by atoms with van der Waals surface area (Å²) in [6.07, 6.45) is 5.12. The van der Waals surface area contributed by atoms with Gasteiger partial charge in [-0.2, -0.15) is 5.10 Å². The Morgan fingerprint density at radius 2 is 2.12 bits per heavy atom. The summed E-state index contributed by atoms with van der Waals surface area (Å²) in [7, 11) is 0. The van der Waals surface area contributed by atoms with E-state index in [2.05, 4.69) is 17.0 Å². The van der Waals surface area contributed by atoms with E-state index in [-0.39, 0.29) is 6.10 Å². The van der Waals surface area contributed by atoms with Gasteiger partial charge in [-0.3, -0.25) is 0 Å². The normalized spacial score (nSPS) is 23.0. The highest BCUT2D eigenvalue weighted by molar-refractivity contribution is 6.35. The third kappa shape index (κ3) is 4.28. The minimum absolute atomic E-state index is 0.0419. The van der Waals surface area contributed by atoms with E-state index < -0.39 is 5.79 Å². The Labute approximate surface area is 152 Å². The van der Waals surface area contributed by atoms with Crippen molar-refractivity contribution in [2.45, 2.75) is 52.0 Å². The molecule has 1 aliphatic heterocycles. The van der Waals surface area contributed by atoms with Crippen LogP contribution in [0.4, 0.5) is 0 Å². The first-order valence-electron chi connectivity index (χ1n) is 8.22. The van der Waals surface area contributed by atoms with Crippen LogP contribution in [0.5, 0.6) is 0 Å². The molecule has 1 fully saturated rings. The Morgan fingerprint density at radius 3 is 2.75 bits per heavy atom. The predicted molar refractivity (Wildman–Crippen MR) is 95.2 cm³/mol. The van der Waals surface area contributed by atoms with Crippen LogP contribution < -0.4 is 0 Å². The largest absolute Gasteiger partial charge is 0.342 e. The van der Waals surface area contributed by atoms with E-state index in [0.717, 1.165) is 18.4 Å². The molecule has 2 aromatic rings. The van der Waals surface area contributed by atoms with Crippen LogP contribution in [0.3, 0.4) is 0 Å². The maximum Gasteiger partial charge on any atom is 0.217 e. The minimum atomic E-state index is -0.963. The van der Waals surface area contributed by atoms with Crippen molar-refractivity contribution >= 4 is 23.2 Å². The standard InChI is InChI=1S/C15H17Cl2N3O2.C2H6/c1-2-3-12-7-21-15(22-12,8-20-10-18-9-19-20)13-5-4-11(16)6-14(13)17;1-2/h4-6,9-10,12H,2-3,7-8H2,1H3;1-2H3. The lowest BCUT2D eigenvalue weighted by Gasteiger charge is -2.29. The third-order valence-electron chi connectivity index (χ3n) is 3.65. The van der Waals surface area contributed by atoms with Crippen LogP contribution in [0.1, 0.15) is 39.2 Å². The number of ether oxygens (including phenoxy) is 2. The van der Waals surface area contributed by atoms with Crippen LogP contribution >= 0.6 is 23.2 Å². The topological polar surface area (TPSA) is 49.2 Å². The second-order valence-corrected chi connectivity index (χ2v) is 6.15. The summed E-state index contributed by atoms with van der Waals surface area (Å²) in [4.78, 5) is 3.97. The van der Waals surface area contributed by atoms with E-state index in [9.17, 15) is 0 Å². The van der Waals surface area contributed by atoms with Crippen molar-refractivity contribution in [3.05, 3.63) is 46.5 Å². The molecule has 1 aromatic heterocycles. The molecule has 0 bridgehead atoms. The predicted octanol–water partition coefficient (Wildman–Crippen LogP) is 4.68. The molecule has 0 amide bonds. The van der Waals surface area contributed by atoms with Gasteiger partial charge >= 0.3 is 0 Å². The molecular weight excluding hydrogens is 349 g/mol. The van der Waals surface area contributed by atoms with E-state index in [0.29, 0.717) is 23.2 Å². The molecule has 7 heteroatoms. The van der Waals surface area contributed by atoms with Gasteiger partial charge in [-0.05, 0) is 18.6 Å². The van der Waals surface area contributed by atoms with Gasteiger partial charge in [0.25, 0.3) is 0 Å². The second-order valence-electron chi connectivity index (χ2n) is 5.31. The van der Waals surface area contributed by atoms with E-state index in [4.69, 9.17) is 32.7 Å². The van der Waals surface area contributed by atoms with Crippen molar-refractivity contribution in [2.75, 3.05) is 6.61 Å². The molecule has 2 heterocycles. The maximum absolute atomic E-state index is 6.37. The number of halogens is 2. The minimum Gasteiger partial charge on any atom is -0.342 e. The number of aromatic nitrogens is 3. The molecule has 5 nitrogen and oxygen atoms in total. The van der Waals surface area contributed by atoms with Gasteiger partial charge < -0.3 is 9.47 Å². The molecule has 132 valence electrons. The highest BCUT2D eigenvalue weighted by Gasteiger charge is 2.45. The fourth-order valence-corrected chi connectivity index (χ4v) is 3.22. The van der Waals surface area contributed by atoms with Crippen LogP contribution in [0, 0.1) is 0 Å². The van der Waals surface area contributed by atoms with E-state index in [1.165, 1.54) is 6.33 Å². The molecule has 1 saturated heterocycles. The molecule has 1 aliphatic rings. The highest BCUT2D eigenvalue weighted by atomic mass is 35.5. The summed E-state index contributed by atoms with van der Waals surface area (Å²) < 4.78 is 14.0. The first kappa shape index (κ1) is 19.2. The van der Waals surface area contributed by atoms with Gasteiger partial charge in [0, 0.05) is 10.6 Å². The van der Waals surface area contributed by atoms with Gasteiger partial charge in [-0.25, -0.2) is 9.67 Å². The molecule has 2 atom stereocenters. The summed E-state index contributed by atoms with van der Waals surface area (Å²) in [5, 5.41) is 5.24. The van der Waals surface area contributed by atoms with Crippen LogP contribution in [0.2, 0.25) is 10.0 Å². The van der Waals surface area contributed by atoms with Gasteiger partial charge in [-0.15, -0.1) is 0 Å². The Kier molecular flexibility index (Phi) is 7.04. The molecule has 0 aliphatic carbocycles. The number of hydrogen-bond acceptors (Lipinski definition) is 4. The second kappa shape index (κ2) is 8.81. The smallest absolute Gasteiger partial charge is 0.217 e. The Balaban J connectivity index is 0.00000100. The number of hydrogen-bond donors (Lipinski definition) is 0. The lowest BCUT2D eigenvalue weighted by atomic mass is 10.1. The quantitative estimate of drug-likeness (QED) is 0.765. The average molecular weight is 372 g/mol. The maximum atomic E-state index is 6.37. The Morgan fingerprint density at radius 1 is 1.33 bits per heavy atom. The third-order valence-corrected chi connectivity index (χ3v) is 4.20. The highest BCUT2D eigenvalue weighted by Crippen LogP contribution is 2.41. The van der Waals surface area contributed by atoms with Crippen molar-refractivity contribution in [2.24, 2.45) is 0 Å². The zero-order valence-corrected chi connectivity index (χ0v) is 15.7. The molecule has 0 saturated carbocycles. The summed E-state index contributed by atoms with van der Waals surface area (Å²) >= 11 is 12.4.